The van der Waals surface area contributed by atoms with Crippen LogP contribution in [0.3, 0.4) is 0 Å². The molecule has 0 radical (unpaired) electrons. The molecule has 7 nitrogen and oxygen atoms in total. The Morgan fingerprint density at radius 2 is 1.11 bits per heavy atom. The van der Waals surface area contributed by atoms with Crippen LogP contribution >= 0.6 is 22.7 Å². The minimum absolute atomic E-state index is 0.121. The van der Waals surface area contributed by atoms with Crippen LogP contribution in [0.25, 0.3) is 26.3 Å². The number of anilines is 5. The van der Waals surface area contributed by atoms with E-state index in [4.69, 9.17) is 0 Å². The maximum atomic E-state index is 11.7. The summed E-state index contributed by atoms with van der Waals surface area (Å²) in [6.07, 6.45) is 13.1. The number of carbonyl (C=O) groups excluding carboxylic acids is 2. The van der Waals surface area contributed by atoms with Crippen molar-refractivity contribution in [3.63, 3.8) is 0 Å². The van der Waals surface area contributed by atoms with E-state index in [1.807, 2.05) is 72.0 Å². The van der Waals surface area contributed by atoms with Crippen molar-refractivity contribution < 1.29 is 9.59 Å². The third-order valence-corrected chi connectivity index (χ3v) is 11.8. The van der Waals surface area contributed by atoms with E-state index in [9.17, 15) is 20.1 Å². The predicted molar refractivity (Wildman–Crippen MR) is 231 cm³/mol. The molecule has 0 aliphatic heterocycles. The van der Waals surface area contributed by atoms with E-state index in [0.29, 0.717) is 0 Å². The van der Waals surface area contributed by atoms with Crippen molar-refractivity contribution in [2.24, 2.45) is 0 Å². The highest BCUT2D eigenvalue weighted by Crippen LogP contribution is 2.45. The third kappa shape index (κ3) is 11.3. The lowest BCUT2D eigenvalue weighted by Gasteiger charge is -2.26. The minimum atomic E-state index is -0.123. The van der Waals surface area contributed by atoms with Gasteiger partial charge in [-0.15, -0.1) is 22.7 Å². The van der Waals surface area contributed by atoms with Gasteiger partial charge in [0.05, 0.1) is 0 Å². The molecule has 2 N–H and O–H groups in total. The van der Waals surface area contributed by atoms with E-state index in [1.54, 1.807) is 17.4 Å². The Bertz CT molecular complexity index is 2090. The van der Waals surface area contributed by atoms with Crippen LogP contribution < -0.4 is 15.5 Å². The summed E-state index contributed by atoms with van der Waals surface area (Å²) in [6.45, 7) is 7.46. The summed E-state index contributed by atoms with van der Waals surface area (Å²) in [6, 6.07) is 32.8. The average Bonchev–Trinajstić information content (AvgIpc) is 3.79. The monoisotopic (exact) mass is 767 g/mol. The van der Waals surface area contributed by atoms with E-state index < -0.39 is 0 Å². The van der Waals surface area contributed by atoms with Crippen LogP contribution in [0.2, 0.25) is 0 Å². The first-order valence-electron chi connectivity index (χ1n) is 19.2. The summed E-state index contributed by atoms with van der Waals surface area (Å²) in [5.74, 6) is -0.246. The van der Waals surface area contributed by atoms with Crippen LogP contribution in [0, 0.1) is 22.7 Å². The highest BCUT2D eigenvalue weighted by atomic mass is 32.1. The number of nitriles is 2. The Hall–Kier alpha value is -5.48. The molecule has 0 bridgehead atoms. The molecule has 0 aliphatic rings. The van der Waals surface area contributed by atoms with Gasteiger partial charge < -0.3 is 15.5 Å². The summed E-state index contributed by atoms with van der Waals surface area (Å²) in [7, 11) is 0. The van der Waals surface area contributed by atoms with Crippen molar-refractivity contribution in [2.75, 3.05) is 15.5 Å². The maximum Gasteiger partial charge on any atom is 0.221 e. The van der Waals surface area contributed by atoms with Crippen LogP contribution in [0.5, 0.6) is 0 Å². The fourth-order valence-corrected chi connectivity index (χ4v) is 9.11. The molecular weight excluding hydrogens is 719 g/mol. The normalized spacial score (nSPS) is 10.7. The van der Waals surface area contributed by atoms with E-state index >= 15 is 0 Å². The first-order valence-corrected chi connectivity index (χ1v) is 20.8. The fourth-order valence-electron chi connectivity index (χ4n) is 6.61. The minimum Gasteiger partial charge on any atom is -0.326 e. The SMILES string of the molecule is CCCCCCc1cc(-c2sc(C=C(C#N)C#N)cc2CCCCCC)sc1-c1ccc(N(c2ccc(NC(C)=O)cc2)c2ccc(NC(C)=O)cc2)cc1. The van der Waals surface area contributed by atoms with Gasteiger partial charge in [-0.05, 0) is 121 Å². The zero-order valence-electron chi connectivity index (χ0n) is 32.2. The van der Waals surface area contributed by atoms with E-state index in [1.165, 1.54) is 78.1 Å². The van der Waals surface area contributed by atoms with Crippen LogP contribution in [0.4, 0.5) is 28.4 Å². The summed E-state index contributed by atoms with van der Waals surface area (Å²) in [5.41, 5.74) is 8.18. The van der Waals surface area contributed by atoms with Crippen LogP contribution in [-0.2, 0) is 22.4 Å². The molecule has 3 aromatic carbocycles. The summed E-state index contributed by atoms with van der Waals surface area (Å²) < 4.78 is 0. The van der Waals surface area contributed by atoms with E-state index in [0.717, 1.165) is 64.6 Å². The second-order valence-corrected chi connectivity index (χ2v) is 15.8. The topological polar surface area (TPSA) is 109 Å². The molecule has 2 aromatic heterocycles. The summed E-state index contributed by atoms with van der Waals surface area (Å²) >= 11 is 3.50. The zero-order valence-corrected chi connectivity index (χ0v) is 33.8. The first kappa shape index (κ1) is 40.7. The molecule has 2 heterocycles. The molecule has 0 saturated heterocycles. The molecule has 0 unspecified atom stereocenters. The number of benzene rings is 3. The van der Waals surface area contributed by atoms with Gasteiger partial charge in [0.1, 0.15) is 17.7 Å². The van der Waals surface area contributed by atoms with Gasteiger partial charge in [-0.1, -0.05) is 64.5 Å². The third-order valence-electron chi connectivity index (χ3n) is 9.27. The van der Waals surface area contributed by atoms with Gasteiger partial charge in [-0.2, -0.15) is 10.5 Å². The number of nitrogens with one attached hydrogen (secondary N) is 2. The number of allylic oxidation sites excluding steroid dienone is 1. The van der Waals surface area contributed by atoms with E-state index in [2.05, 4.69) is 65.8 Å². The number of nitrogens with zero attached hydrogens (tertiary/aromatic N) is 3. The fraction of sp³-hybridized carbons (Fsp3) is 0.304. The molecule has 0 aliphatic carbocycles. The largest absolute Gasteiger partial charge is 0.326 e. The highest BCUT2D eigenvalue weighted by Gasteiger charge is 2.19. The lowest BCUT2D eigenvalue weighted by atomic mass is 10.0. The molecule has 0 spiro atoms. The zero-order chi connectivity index (χ0) is 39.2. The Labute approximate surface area is 334 Å². The Kier molecular flexibility index (Phi) is 15.0. The number of aryl methyl sites for hydroxylation is 2. The highest BCUT2D eigenvalue weighted by molar-refractivity contribution is 7.24. The first-order chi connectivity index (χ1) is 26.7. The molecule has 55 heavy (non-hydrogen) atoms. The second kappa shape index (κ2) is 20.3. The molecular formula is C46H49N5O2S2. The van der Waals surface area contributed by atoms with Gasteiger partial charge in [-0.3, -0.25) is 9.59 Å². The number of rotatable bonds is 18. The van der Waals surface area contributed by atoms with E-state index in [-0.39, 0.29) is 17.4 Å². The average molecular weight is 768 g/mol. The van der Waals surface area contributed by atoms with Crippen LogP contribution in [0.15, 0.2) is 90.5 Å². The predicted octanol–water partition coefficient (Wildman–Crippen LogP) is 13.2. The number of amides is 2. The Balaban J connectivity index is 1.54. The van der Waals surface area contributed by atoms with Gasteiger partial charge >= 0.3 is 0 Å². The Morgan fingerprint density at radius 1 is 0.636 bits per heavy atom. The van der Waals surface area contributed by atoms with Gasteiger partial charge in [0, 0.05) is 61.8 Å². The quantitative estimate of drug-likeness (QED) is 0.0681. The molecule has 0 atom stereocenters. The van der Waals surface area contributed by atoms with Crippen molar-refractivity contribution in [3.8, 4) is 32.3 Å². The van der Waals surface area contributed by atoms with Gasteiger partial charge in [-0.25, -0.2) is 0 Å². The molecule has 5 aromatic rings. The lowest BCUT2D eigenvalue weighted by Crippen LogP contribution is -2.11. The van der Waals surface area contributed by atoms with Crippen molar-refractivity contribution in [3.05, 3.63) is 107 Å². The second-order valence-electron chi connectivity index (χ2n) is 13.7. The van der Waals surface area contributed by atoms with Gasteiger partial charge in [0.2, 0.25) is 11.8 Å². The molecule has 0 fully saturated rings. The smallest absolute Gasteiger partial charge is 0.221 e. The molecule has 2 amide bonds. The number of hydrogen-bond donors (Lipinski definition) is 2. The molecule has 5 rings (SSSR count). The number of thiophene rings is 2. The molecule has 282 valence electrons. The van der Waals surface area contributed by atoms with Crippen molar-refractivity contribution >= 4 is 69.0 Å². The van der Waals surface area contributed by atoms with Gasteiger partial charge in [0.25, 0.3) is 0 Å². The summed E-state index contributed by atoms with van der Waals surface area (Å²) in [5, 5.41) is 24.6. The Morgan fingerprint density at radius 3 is 1.56 bits per heavy atom. The van der Waals surface area contributed by atoms with Crippen molar-refractivity contribution in [1.82, 2.24) is 0 Å². The molecule has 9 heteroatoms. The van der Waals surface area contributed by atoms with Crippen LogP contribution in [0.1, 0.15) is 95.1 Å². The summed E-state index contributed by atoms with van der Waals surface area (Å²) in [4.78, 5) is 30.2. The van der Waals surface area contributed by atoms with Gasteiger partial charge in [0.15, 0.2) is 0 Å². The maximum absolute atomic E-state index is 11.7. The number of unbranched alkanes of at least 4 members (excludes halogenated alkanes) is 6. The lowest BCUT2D eigenvalue weighted by molar-refractivity contribution is -0.115. The number of carbonyl (C=O) groups is 2. The standard InChI is InChI=1S/C46H49N5O2S2/c1-5-7-9-11-13-36-28-43(27-34(30-47)31-48)54-46(36)44-29-37(14-12-10-8-6-2)45(55-44)35-15-21-40(22-16-35)51(41-23-17-38(18-24-41)49-32(3)52)42-25-19-39(20-26-42)50-33(4)53/h15-29H,5-14H2,1-4H3,(H,49,52)(H,50,53). The van der Waals surface area contributed by atoms with Crippen molar-refractivity contribution in [1.29, 1.82) is 10.5 Å². The number of hydrogen-bond acceptors (Lipinski definition) is 7. The molecule has 0 saturated carbocycles. The van der Waals surface area contributed by atoms with Crippen LogP contribution in [-0.4, -0.2) is 11.8 Å². The van der Waals surface area contributed by atoms with Crippen molar-refractivity contribution in [2.45, 2.75) is 91.9 Å².